The van der Waals surface area contributed by atoms with Crippen molar-refractivity contribution in [2.45, 2.75) is 64.9 Å². The molecule has 0 saturated carbocycles. The summed E-state index contributed by atoms with van der Waals surface area (Å²) in [4.78, 5) is 3.86. The second-order valence-corrected chi connectivity index (χ2v) is 11.4. The fourth-order valence-electron chi connectivity index (χ4n) is 4.00. The standard InChI is InChI=1S/C26H34N2S3/c1-8-18(4)19(5)20(6)28-22-13-9-10-15-24(22)30-25(28)16-12-11-14-23-21(7)27(17(2)3)26(29)31-23/h9-20H,7-8H2,1-6H3/b12-11+,23-14-,25-16+. The first-order valence-electron chi connectivity index (χ1n) is 11.1. The van der Waals surface area contributed by atoms with Gasteiger partial charge in [-0.15, -0.1) is 11.3 Å². The summed E-state index contributed by atoms with van der Waals surface area (Å²) in [7, 11) is 0. The second-order valence-electron chi connectivity index (χ2n) is 8.62. The molecular weight excluding hydrogens is 437 g/mol. The van der Waals surface area contributed by atoms with Gasteiger partial charge in [-0.05, 0) is 69.1 Å². The summed E-state index contributed by atoms with van der Waals surface area (Å²) >= 11 is 9.01. The van der Waals surface area contributed by atoms with Crippen LogP contribution in [0.15, 0.2) is 52.4 Å². The smallest absolute Gasteiger partial charge is 0.162 e. The molecule has 5 heteroatoms. The zero-order valence-corrected chi connectivity index (χ0v) is 21.9. The van der Waals surface area contributed by atoms with Crippen LogP contribution in [0.1, 0.15) is 54.0 Å². The van der Waals surface area contributed by atoms with Crippen LogP contribution in [-0.4, -0.2) is 10.6 Å². The van der Waals surface area contributed by atoms with E-state index in [1.807, 2.05) is 11.8 Å². The van der Waals surface area contributed by atoms with E-state index in [0.29, 0.717) is 23.9 Å². The number of para-hydroxylation sites is 1. The van der Waals surface area contributed by atoms with Crippen LogP contribution in [0.2, 0.25) is 0 Å². The number of nitrogens with zero attached hydrogens (tertiary/aromatic N) is 2. The third-order valence-corrected chi connectivity index (χ3v) is 8.89. The topological polar surface area (TPSA) is 8.17 Å². The van der Waals surface area contributed by atoms with E-state index in [-0.39, 0.29) is 0 Å². The number of fused-ring (bicyclic) bond motifs is 1. The van der Waals surface area contributed by atoms with E-state index < -0.39 is 0 Å². The number of rotatable bonds is 7. The zero-order valence-electron chi connectivity index (χ0n) is 19.5. The Morgan fingerprint density at radius 3 is 2.39 bits per heavy atom. The molecule has 3 rings (SSSR count). The van der Waals surface area contributed by atoms with Crippen molar-refractivity contribution in [3.63, 3.8) is 0 Å². The SMILES string of the molecule is C=c1/c(=C/C=C/C=C2/Sc3ccccc3N2C(C)C(C)C(C)CC)sc(=S)n1C(C)C. The largest absolute Gasteiger partial charge is 0.332 e. The van der Waals surface area contributed by atoms with Gasteiger partial charge in [-0.1, -0.05) is 69.8 Å². The Balaban J connectivity index is 1.91. The molecule has 0 aliphatic carbocycles. The number of hydrogen-bond donors (Lipinski definition) is 0. The maximum atomic E-state index is 5.52. The van der Waals surface area contributed by atoms with Gasteiger partial charge in [0.1, 0.15) is 0 Å². The van der Waals surface area contributed by atoms with Crippen molar-refractivity contribution >= 4 is 53.7 Å². The van der Waals surface area contributed by atoms with Crippen LogP contribution in [-0.2, 0) is 0 Å². The number of allylic oxidation sites excluding steroid dienone is 3. The van der Waals surface area contributed by atoms with Crippen molar-refractivity contribution in [1.29, 1.82) is 0 Å². The van der Waals surface area contributed by atoms with E-state index in [2.05, 4.69) is 106 Å². The first kappa shape index (κ1) is 24.1. The van der Waals surface area contributed by atoms with Crippen LogP contribution in [0, 0.1) is 15.8 Å². The van der Waals surface area contributed by atoms with Crippen molar-refractivity contribution in [2.75, 3.05) is 4.90 Å². The Kier molecular flexibility index (Phi) is 8.06. The Morgan fingerprint density at radius 1 is 1.06 bits per heavy atom. The fraction of sp³-hybridized carbons (Fsp3) is 0.423. The molecule has 31 heavy (non-hydrogen) atoms. The van der Waals surface area contributed by atoms with Gasteiger partial charge in [-0.2, -0.15) is 0 Å². The van der Waals surface area contributed by atoms with Crippen molar-refractivity contribution < 1.29 is 0 Å². The minimum Gasteiger partial charge on any atom is -0.332 e. The molecule has 1 aromatic carbocycles. The Morgan fingerprint density at radius 2 is 1.74 bits per heavy atom. The van der Waals surface area contributed by atoms with Crippen molar-refractivity contribution in [3.05, 3.63) is 61.4 Å². The molecule has 0 spiro atoms. The average Bonchev–Trinajstić information content (AvgIpc) is 3.25. The van der Waals surface area contributed by atoms with E-state index in [9.17, 15) is 0 Å². The summed E-state index contributed by atoms with van der Waals surface area (Å²) in [5.41, 5.74) is 1.32. The molecule has 0 amide bonds. The highest BCUT2D eigenvalue weighted by Crippen LogP contribution is 2.48. The minimum atomic E-state index is 0.334. The summed E-state index contributed by atoms with van der Waals surface area (Å²) in [5.74, 6) is 1.29. The summed E-state index contributed by atoms with van der Waals surface area (Å²) in [6, 6.07) is 9.51. The zero-order chi connectivity index (χ0) is 22.7. The first-order chi connectivity index (χ1) is 14.8. The van der Waals surface area contributed by atoms with Crippen LogP contribution < -0.4 is 14.8 Å². The van der Waals surface area contributed by atoms with Gasteiger partial charge in [-0.25, -0.2) is 0 Å². The molecule has 166 valence electrons. The highest BCUT2D eigenvalue weighted by molar-refractivity contribution is 8.03. The van der Waals surface area contributed by atoms with Crippen molar-refractivity contribution in [2.24, 2.45) is 11.8 Å². The normalized spacial score (nSPS) is 18.9. The van der Waals surface area contributed by atoms with E-state index >= 15 is 0 Å². The second kappa shape index (κ2) is 10.4. The maximum absolute atomic E-state index is 5.52. The van der Waals surface area contributed by atoms with E-state index in [4.69, 9.17) is 12.2 Å². The lowest BCUT2D eigenvalue weighted by Gasteiger charge is -2.35. The predicted octanol–water partition coefficient (Wildman–Crippen LogP) is 7.13. The van der Waals surface area contributed by atoms with Crippen molar-refractivity contribution in [1.82, 2.24) is 4.57 Å². The highest BCUT2D eigenvalue weighted by Gasteiger charge is 2.32. The predicted molar refractivity (Wildman–Crippen MR) is 143 cm³/mol. The molecule has 2 nitrogen and oxygen atoms in total. The number of benzene rings is 1. The Hall–Kier alpha value is -1.56. The van der Waals surface area contributed by atoms with E-state index in [1.165, 1.54) is 22.0 Å². The van der Waals surface area contributed by atoms with Crippen LogP contribution >= 0.6 is 35.3 Å². The molecule has 1 aromatic heterocycles. The number of aromatic nitrogens is 1. The molecule has 3 unspecified atom stereocenters. The number of hydrogen-bond acceptors (Lipinski definition) is 4. The molecular formula is C26H34N2S3. The molecule has 0 fully saturated rings. The van der Waals surface area contributed by atoms with Gasteiger partial charge in [0.05, 0.1) is 20.6 Å². The number of thioether (sulfide) groups is 1. The lowest BCUT2D eigenvalue weighted by molar-refractivity contribution is 0.326. The number of thiazole rings is 1. The van der Waals surface area contributed by atoms with Gasteiger partial charge in [-0.3, -0.25) is 0 Å². The Bertz CT molecular complexity index is 1140. The Labute approximate surface area is 200 Å². The summed E-state index contributed by atoms with van der Waals surface area (Å²) in [5, 5.41) is 2.29. The third-order valence-electron chi connectivity index (χ3n) is 6.37. The molecule has 0 radical (unpaired) electrons. The van der Waals surface area contributed by atoms with Gasteiger partial charge in [0.15, 0.2) is 3.95 Å². The highest BCUT2D eigenvalue weighted by atomic mass is 32.2. The minimum absolute atomic E-state index is 0.334. The van der Waals surface area contributed by atoms with Crippen LogP contribution in [0.5, 0.6) is 0 Å². The van der Waals surface area contributed by atoms with Gasteiger partial charge in [0.2, 0.25) is 0 Å². The number of anilines is 1. The van der Waals surface area contributed by atoms with Crippen LogP contribution in [0.4, 0.5) is 5.69 Å². The lowest BCUT2D eigenvalue weighted by atomic mass is 9.87. The quantitative estimate of drug-likeness (QED) is 0.398. The monoisotopic (exact) mass is 470 g/mol. The lowest BCUT2D eigenvalue weighted by Crippen LogP contribution is -2.37. The molecule has 1 aliphatic rings. The maximum Gasteiger partial charge on any atom is 0.162 e. The first-order valence-corrected chi connectivity index (χ1v) is 13.1. The molecule has 2 aromatic rings. The summed E-state index contributed by atoms with van der Waals surface area (Å²) < 4.78 is 4.14. The molecule has 0 bridgehead atoms. The van der Waals surface area contributed by atoms with Crippen LogP contribution in [0.25, 0.3) is 12.7 Å². The third kappa shape index (κ3) is 5.10. The molecule has 1 aliphatic heterocycles. The summed E-state index contributed by atoms with van der Waals surface area (Å²) in [6.45, 7) is 17.9. The van der Waals surface area contributed by atoms with Gasteiger partial charge in [0, 0.05) is 17.0 Å². The molecule has 3 atom stereocenters. The fourth-order valence-corrected chi connectivity index (χ4v) is 6.72. The van der Waals surface area contributed by atoms with Gasteiger partial charge in [0.25, 0.3) is 0 Å². The molecule has 2 heterocycles. The van der Waals surface area contributed by atoms with Gasteiger partial charge >= 0.3 is 0 Å². The van der Waals surface area contributed by atoms with Gasteiger partial charge < -0.3 is 9.47 Å². The van der Waals surface area contributed by atoms with E-state index in [1.54, 1.807) is 11.3 Å². The van der Waals surface area contributed by atoms with Crippen LogP contribution in [0.3, 0.4) is 0 Å². The average molecular weight is 471 g/mol. The van der Waals surface area contributed by atoms with E-state index in [0.717, 1.165) is 13.8 Å². The molecule has 0 N–H and O–H groups in total. The van der Waals surface area contributed by atoms with Crippen molar-refractivity contribution in [3.8, 4) is 0 Å². The summed E-state index contributed by atoms with van der Waals surface area (Å²) in [6.07, 6.45) is 9.82. The molecule has 0 saturated heterocycles.